The van der Waals surface area contributed by atoms with E-state index >= 15 is 0 Å². The fourth-order valence-corrected chi connectivity index (χ4v) is 2.07. The average molecular weight is 280 g/mol. The second-order valence-corrected chi connectivity index (χ2v) is 4.72. The highest BCUT2D eigenvalue weighted by molar-refractivity contribution is 5.26. The maximum absolute atomic E-state index is 12.6. The fourth-order valence-electron chi connectivity index (χ4n) is 2.07. The van der Waals surface area contributed by atoms with Crippen LogP contribution in [-0.4, -0.2) is 11.0 Å². The summed E-state index contributed by atoms with van der Waals surface area (Å²) < 4.78 is 37.8. The predicted molar refractivity (Wildman–Crippen MR) is 71.1 cm³/mol. The minimum atomic E-state index is -4.31. The summed E-state index contributed by atoms with van der Waals surface area (Å²) in [5, 5.41) is 0. The van der Waals surface area contributed by atoms with E-state index in [1.165, 1.54) is 6.07 Å². The van der Waals surface area contributed by atoms with Crippen molar-refractivity contribution >= 4 is 0 Å². The lowest BCUT2D eigenvalue weighted by molar-refractivity contribution is -0.137. The molecule has 1 aromatic carbocycles. The summed E-state index contributed by atoms with van der Waals surface area (Å²) in [5.41, 5.74) is 6.99. The SMILES string of the molecule is NC(Cc1ccncc1)Cc1cccc(C(F)(F)F)c1. The van der Waals surface area contributed by atoms with Gasteiger partial charge in [-0.15, -0.1) is 0 Å². The number of rotatable bonds is 4. The molecular weight excluding hydrogens is 265 g/mol. The van der Waals surface area contributed by atoms with Crippen LogP contribution in [0.4, 0.5) is 13.2 Å². The van der Waals surface area contributed by atoms with Gasteiger partial charge >= 0.3 is 6.18 Å². The first kappa shape index (κ1) is 14.5. The Morgan fingerprint density at radius 2 is 1.65 bits per heavy atom. The molecule has 2 nitrogen and oxygen atoms in total. The molecule has 1 unspecified atom stereocenters. The van der Waals surface area contributed by atoms with Crippen molar-refractivity contribution in [1.82, 2.24) is 4.98 Å². The van der Waals surface area contributed by atoms with Crippen LogP contribution in [0, 0.1) is 0 Å². The van der Waals surface area contributed by atoms with E-state index in [0.29, 0.717) is 18.4 Å². The number of nitrogens with zero attached hydrogens (tertiary/aromatic N) is 1. The molecule has 0 aliphatic carbocycles. The Bertz CT molecular complexity index is 553. The van der Waals surface area contributed by atoms with Crippen molar-refractivity contribution in [2.75, 3.05) is 0 Å². The number of hydrogen-bond donors (Lipinski definition) is 1. The maximum Gasteiger partial charge on any atom is 0.416 e. The van der Waals surface area contributed by atoms with Gasteiger partial charge in [0.25, 0.3) is 0 Å². The number of halogens is 3. The molecule has 0 amide bonds. The molecule has 1 heterocycles. The second-order valence-electron chi connectivity index (χ2n) is 4.72. The number of hydrogen-bond acceptors (Lipinski definition) is 2. The molecule has 0 spiro atoms. The maximum atomic E-state index is 12.6. The fraction of sp³-hybridized carbons (Fsp3) is 0.267. The Morgan fingerprint density at radius 3 is 2.30 bits per heavy atom. The van der Waals surface area contributed by atoms with Gasteiger partial charge in [0.05, 0.1) is 5.56 Å². The van der Waals surface area contributed by atoms with E-state index < -0.39 is 11.7 Å². The standard InChI is InChI=1S/C15H15F3N2/c16-15(17,18)13-3-1-2-12(8-13)10-14(19)9-11-4-6-20-7-5-11/h1-8,14H,9-10,19H2. The second kappa shape index (κ2) is 6.05. The van der Waals surface area contributed by atoms with E-state index in [1.807, 2.05) is 12.1 Å². The van der Waals surface area contributed by atoms with Crippen LogP contribution in [-0.2, 0) is 19.0 Å². The smallest absolute Gasteiger partial charge is 0.327 e. The quantitative estimate of drug-likeness (QED) is 0.934. The number of benzene rings is 1. The topological polar surface area (TPSA) is 38.9 Å². The summed E-state index contributed by atoms with van der Waals surface area (Å²) in [6.45, 7) is 0. The Morgan fingerprint density at radius 1 is 1.00 bits per heavy atom. The van der Waals surface area contributed by atoms with Crippen LogP contribution in [0.25, 0.3) is 0 Å². The van der Waals surface area contributed by atoms with Gasteiger partial charge in [0, 0.05) is 18.4 Å². The van der Waals surface area contributed by atoms with Gasteiger partial charge in [0.2, 0.25) is 0 Å². The lowest BCUT2D eigenvalue weighted by atomic mass is 9.99. The van der Waals surface area contributed by atoms with Crippen molar-refractivity contribution in [2.24, 2.45) is 5.73 Å². The molecule has 5 heteroatoms. The third-order valence-electron chi connectivity index (χ3n) is 3.00. The van der Waals surface area contributed by atoms with Gasteiger partial charge in [-0.1, -0.05) is 18.2 Å². The molecule has 0 bridgehead atoms. The molecule has 1 aromatic heterocycles. The zero-order valence-electron chi connectivity index (χ0n) is 10.8. The van der Waals surface area contributed by atoms with E-state index in [9.17, 15) is 13.2 Å². The zero-order valence-corrected chi connectivity index (χ0v) is 10.8. The Hall–Kier alpha value is -1.88. The lowest BCUT2D eigenvalue weighted by Gasteiger charge is -2.13. The van der Waals surface area contributed by atoms with Crippen molar-refractivity contribution in [3.05, 3.63) is 65.5 Å². The van der Waals surface area contributed by atoms with Crippen molar-refractivity contribution < 1.29 is 13.2 Å². The molecule has 2 aromatic rings. The first-order valence-corrected chi connectivity index (χ1v) is 6.26. The van der Waals surface area contributed by atoms with Crippen LogP contribution in [0.15, 0.2) is 48.8 Å². The Balaban J connectivity index is 2.03. The number of aromatic nitrogens is 1. The molecule has 2 rings (SSSR count). The summed E-state index contributed by atoms with van der Waals surface area (Å²) in [4.78, 5) is 3.91. The van der Waals surface area contributed by atoms with Crippen LogP contribution in [0.1, 0.15) is 16.7 Å². The molecule has 0 saturated heterocycles. The van der Waals surface area contributed by atoms with Gasteiger partial charge in [0.15, 0.2) is 0 Å². The summed E-state index contributed by atoms with van der Waals surface area (Å²) in [6.07, 6.45) is 0.0505. The minimum absolute atomic E-state index is 0.221. The third-order valence-corrected chi connectivity index (χ3v) is 3.00. The van der Waals surface area contributed by atoms with E-state index in [2.05, 4.69) is 4.98 Å². The van der Waals surface area contributed by atoms with Gasteiger partial charge in [-0.05, 0) is 42.2 Å². The Kier molecular flexibility index (Phi) is 4.39. The molecule has 1 atom stereocenters. The molecular formula is C15H15F3N2. The number of nitrogens with two attached hydrogens (primary N) is 1. The van der Waals surface area contributed by atoms with Crippen LogP contribution in [0.3, 0.4) is 0 Å². The molecule has 0 aliphatic rings. The van der Waals surface area contributed by atoms with Crippen LogP contribution in [0.5, 0.6) is 0 Å². The summed E-state index contributed by atoms with van der Waals surface area (Å²) >= 11 is 0. The summed E-state index contributed by atoms with van der Waals surface area (Å²) in [7, 11) is 0. The van der Waals surface area contributed by atoms with Crippen molar-refractivity contribution in [3.8, 4) is 0 Å². The van der Waals surface area contributed by atoms with Gasteiger partial charge in [-0.25, -0.2) is 0 Å². The predicted octanol–water partition coefficient (Wildman–Crippen LogP) is 3.21. The largest absolute Gasteiger partial charge is 0.416 e. The van der Waals surface area contributed by atoms with Gasteiger partial charge in [-0.2, -0.15) is 13.2 Å². The van der Waals surface area contributed by atoms with Crippen LogP contribution in [0.2, 0.25) is 0 Å². The molecule has 0 aliphatic heterocycles. The normalized spacial score (nSPS) is 13.2. The first-order chi connectivity index (χ1) is 9.45. The van der Waals surface area contributed by atoms with Crippen LogP contribution < -0.4 is 5.73 Å². The molecule has 0 fully saturated rings. The van der Waals surface area contributed by atoms with Gasteiger partial charge in [-0.3, -0.25) is 4.98 Å². The highest BCUT2D eigenvalue weighted by atomic mass is 19.4. The van der Waals surface area contributed by atoms with E-state index in [0.717, 1.165) is 17.7 Å². The molecule has 0 radical (unpaired) electrons. The lowest BCUT2D eigenvalue weighted by Crippen LogP contribution is -2.25. The molecule has 106 valence electrons. The van der Waals surface area contributed by atoms with Crippen LogP contribution >= 0.6 is 0 Å². The van der Waals surface area contributed by atoms with E-state index in [1.54, 1.807) is 18.5 Å². The summed E-state index contributed by atoms with van der Waals surface area (Å²) in [6, 6.07) is 8.79. The average Bonchev–Trinajstić information content (AvgIpc) is 2.39. The van der Waals surface area contributed by atoms with E-state index in [4.69, 9.17) is 5.73 Å². The minimum Gasteiger partial charge on any atom is -0.327 e. The molecule has 0 saturated carbocycles. The van der Waals surface area contributed by atoms with E-state index in [-0.39, 0.29) is 6.04 Å². The molecule has 20 heavy (non-hydrogen) atoms. The third kappa shape index (κ3) is 4.06. The first-order valence-electron chi connectivity index (χ1n) is 6.26. The summed E-state index contributed by atoms with van der Waals surface area (Å²) in [5.74, 6) is 0. The number of pyridine rings is 1. The Labute approximate surface area is 115 Å². The van der Waals surface area contributed by atoms with Gasteiger partial charge < -0.3 is 5.73 Å². The number of alkyl halides is 3. The van der Waals surface area contributed by atoms with Crippen molar-refractivity contribution in [1.29, 1.82) is 0 Å². The monoisotopic (exact) mass is 280 g/mol. The highest BCUT2D eigenvalue weighted by Crippen LogP contribution is 2.29. The highest BCUT2D eigenvalue weighted by Gasteiger charge is 2.30. The molecule has 2 N–H and O–H groups in total. The van der Waals surface area contributed by atoms with Crippen molar-refractivity contribution in [3.63, 3.8) is 0 Å². The zero-order chi connectivity index (χ0) is 14.6. The van der Waals surface area contributed by atoms with Crippen molar-refractivity contribution in [2.45, 2.75) is 25.1 Å². The van der Waals surface area contributed by atoms with Gasteiger partial charge in [0.1, 0.15) is 0 Å².